The second-order valence-electron chi connectivity index (χ2n) is 1.82. The molecule has 0 amide bonds. The first-order chi connectivity index (χ1) is 7.73. The van der Waals surface area contributed by atoms with Crippen LogP contribution in [0.5, 0.6) is 0 Å². The molecule has 21 heavy (non-hydrogen) atoms. The molecule has 0 saturated carbocycles. The smallest absolute Gasteiger partial charge is 0.316 e. The summed E-state index contributed by atoms with van der Waals surface area (Å²) in [6, 6.07) is 0. The quantitative estimate of drug-likeness (QED) is 0.129. The summed E-state index contributed by atoms with van der Waals surface area (Å²) in [6.45, 7) is 0. The van der Waals surface area contributed by atoms with E-state index in [1.54, 1.807) is 0 Å². The molecule has 0 unspecified atom stereocenters. The Morgan fingerprint density at radius 1 is 0.571 bits per heavy atom. The molecule has 0 rings (SSSR count). The third-order valence-corrected chi connectivity index (χ3v) is 0. The molecule has 0 spiro atoms. The molecule has 0 aromatic rings. The van der Waals surface area contributed by atoms with E-state index < -0.39 is 29.6 Å². The number of rotatable bonds is 0. The van der Waals surface area contributed by atoms with Crippen LogP contribution in [0, 0.1) is 0 Å². The molecule has 0 atom stereocenters. The molecule has 0 radical (unpaired) electrons. The van der Waals surface area contributed by atoms with Gasteiger partial charge in [0.1, 0.15) is 0 Å². The van der Waals surface area contributed by atoms with E-state index in [1.165, 1.54) is 0 Å². The van der Waals surface area contributed by atoms with E-state index in [4.69, 9.17) is 72.7 Å². The summed E-state index contributed by atoms with van der Waals surface area (Å²) in [5, 5.41) is 13.9. The summed E-state index contributed by atoms with van der Waals surface area (Å²) < 4.78 is 26.6. The molecule has 0 aliphatic rings. The maximum Gasteiger partial charge on any atom is 0.316 e. The second-order valence-corrected chi connectivity index (χ2v) is 4.90. The normalized spacial score (nSPS) is 9.57. The minimum Gasteiger partial charge on any atom is 0.316 e. The van der Waals surface area contributed by atoms with E-state index >= 15 is 0 Å². The molecule has 0 aromatic carbocycles. The Bertz CT molecular complexity index is 285. The van der Waals surface area contributed by atoms with Gasteiger partial charge in [0.2, 0.25) is 0 Å². The molecular formula is CH15CaMgO15P3. The summed E-state index contributed by atoms with van der Waals surface area (Å²) in [4.78, 5) is 73.2. The monoisotopic (exact) mass is 424 g/mol. The van der Waals surface area contributed by atoms with Crippen molar-refractivity contribution >= 4 is 90.4 Å². The summed E-state index contributed by atoms with van der Waals surface area (Å²) in [6.07, 6.45) is -1.83. The second kappa shape index (κ2) is 18.0. The molecule has 0 heterocycles. The molecule has 0 saturated heterocycles. The third kappa shape index (κ3) is 3150. The van der Waals surface area contributed by atoms with Crippen LogP contribution in [-0.2, 0) is 13.7 Å². The molecule has 0 bridgehead atoms. The Kier molecular flexibility index (Phi) is 32.8. The van der Waals surface area contributed by atoms with Gasteiger partial charge in [-0.3, -0.25) is 0 Å². The Morgan fingerprint density at radius 3 is 0.571 bits per heavy atom. The van der Waals surface area contributed by atoms with Crippen LogP contribution < -0.4 is 0 Å². The van der Waals surface area contributed by atoms with E-state index in [0.717, 1.165) is 0 Å². The van der Waals surface area contributed by atoms with E-state index in [-0.39, 0.29) is 60.8 Å². The molecule has 15 nitrogen and oxygen atoms in total. The first kappa shape index (κ1) is 38.3. The fourth-order valence-electron chi connectivity index (χ4n) is 0. The zero-order valence-corrected chi connectivity index (χ0v) is 11.1. The van der Waals surface area contributed by atoms with Crippen molar-refractivity contribution in [3.8, 4) is 0 Å². The van der Waals surface area contributed by atoms with Crippen LogP contribution in [0.3, 0.4) is 0 Å². The molecule has 11 N–H and O–H groups in total. The van der Waals surface area contributed by atoms with Gasteiger partial charge in [-0.15, -0.1) is 0 Å². The van der Waals surface area contributed by atoms with Crippen LogP contribution in [0.1, 0.15) is 0 Å². The standard InChI is InChI=1S/CH2O3.Ca.Mg.3H3O4P.4H/c2-1(3)4;;;3*1-5(2,3)4;;;;/h(H2,2,3,4);;;3*(H3,1,2,3,4);;;;. The first-order valence-corrected chi connectivity index (χ1v) is 7.69. The third-order valence-electron chi connectivity index (χ3n) is 0. The maximum absolute atomic E-state index is 8.88. The van der Waals surface area contributed by atoms with Crippen molar-refractivity contribution in [3.05, 3.63) is 0 Å². The topological polar surface area (TPSA) is 291 Å². The van der Waals surface area contributed by atoms with Gasteiger partial charge in [-0.05, 0) is 0 Å². The van der Waals surface area contributed by atoms with Gasteiger partial charge in [0, 0.05) is 0 Å². The minimum atomic E-state index is -4.64. The van der Waals surface area contributed by atoms with Crippen molar-refractivity contribution in [1.29, 1.82) is 0 Å². The van der Waals surface area contributed by atoms with Crippen molar-refractivity contribution in [2.24, 2.45) is 0 Å². The van der Waals surface area contributed by atoms with Crippen LogP contribution >= 0.6 is 23.5 Å². The van der Waals surface area contributed by atoms with E-state index in [1.807, 2.05) is 0 Å². The average Bonchev–Trinajstić information content (AvgIpc) is 1.66. The van der Waals surface area contributed by atoms with Crippen molar-refractivity contribution in [3.63, 3.8) is 0 Å². The van der Waals surface area contributed by atoms with Gasteiger partial charge in [0.15, 0.2) is 0 Å². The van der Waals surface area contributed by atoms with Gasteiger partial charge in [-0.2, -0.15) is 0 Å². The van der Waals surface area contributed by atoms with Crippen molar-refractivity contribution in [1.82, 2.24) is 0 Å². The zero-order chi connectivity index (χ0) is 17.1. The van der Waals surface area contributed by atoms with E-state index in [2.05, 4.69) is 0 Å². The van der Waals surface area contributed by atoms with Crippen LogP contribution in [-0.4, -0.2) is 121 Å². The van der Waals surface area contributed by atoms with Gasteiger partial charge in [-0.25, -0.2) is 18.5 Å². The fraction of sp³-hybridized carbons (Fsp3) is 0. The van der Waals surface area contributed by atoms with Crippen LogP contribution in [0.15, 0.2) is 0 Å². The number of hydrogen-bond donors (Lipinski definition) is 11. The summed E-state index contributed by atoms with van der Waals surface area (Å²) in [7, 11) is -13.9. The first-order valence-electron chi connectivity index (χ1n) is 3.00. The van der Waals surface area contributed by atoms with Crippen molar-refractivity contribution in [2.45, 2.75) is 0 Å². The molecule has 128 valence electrons. The number of hydrogen-bond acceptors (Lipinski definition) is 4. The minimum absolute atomic E-state index is 0. The number of carboxylic acid groups (broad SMARTS) is 2. The Labute approximate surface area is 162 Å². The van der Waals surface area contributed by atoms with E-state index in [0.29, 0.717) is 0 Å². The fourth-order valence-corrected chi connectivity index (χ4v) is 0. The average molecular weight is 424 g/mol. The largest absolute Gasteiger partial charge is 0.316 e. The summed E-state index contributed by atoms with van der Waals surface area (Å²) in [5.74, 6) is 0. The number of phosphoric acid groups is 3. The predicted octanol–water partition coefficient (Wildman–Crippen LogP) is -4.40. The Hall–Kier alpha value is 1.63. The summed E-state index contributed by atoms with van der Waals surface area (Å²) >= 11 is 0. The Balaban J connectivity index is -0.0000000347. The SMILES string of the molecule is O=C(O)O.O=P(O)(O)O.O=P(O)(O)O.O=P(O)(O)O.[CaH2].[MgH2]. The van der Waals surface area contributed by atoms with Crippen molar-refractivity contribution in [2.75, 3.05) is 0 Å². The van der Waals surface area contributed by atoms with Gasteiger partial charge >= 0.3 is 90.4 Å². The van der Waals surface area contributed by atoms with Gasteiger partial charge in [-0.1, -0.05) is 0 Å². The van der Waals surface area contributed by atoms with Crippen molar-refractivity contribution < 1.29 is 72.7 Å². The van der Waals surface area contributed by atoms with Gasteiger partial charge in [0.05, 0.1) is 0 Å². The molecule has 20 heteroatoms. The van der Waals surface area contributed by atoms with Crippen LogP contribution in [0.25, 0.3) is 0 Å². The maximum atomic E-state index is 8.88. The zero-order valence-electron chi connectivity index (χ0n) is 8.39. The van der Waals surface area contributed by atoms with E-state index in [9.17, 15) is 0 Å². The molecule has 0 aromatic heterocycles. The molecule has 0 fully saturated rings. The predicted molar refractivity (Wildman–Crippen MR) is 70.5 cm³/mol. The summed E-state index contributed by atoms with van der Waals surface area (Å²) in [5.41, 5.74) is 0. The molecular weight excluding hydrogens is 409 g/mol. The molecule has 0 aliphatic heterocycles. The van der Waals surface area contributed by atoms with Gasteiger partial charge in [0.25, 0.3) is 0 Å². The van der Waals surface area contributed by atoms with Crippen LogP contribution in [0.4, 0.5) is 4.79 Å². The Morgan fingerprint density at radius 2 is 0.571 bits per heavy atom. The van der Waals surface area contributed by atoms with Gasteiger partial charge < -0.3 is 54.3 Å². The number of carbonyl (C=O) groups is 1. The van der Waals surface area contributed by atoms with Crippen LogP contribution in [0.2, 0.25) is 0 Å². The molecule has 0 aliphatic carbocycles.